The Kier molecular flexibility index (Phi) is 21.4. The summed E-state index contributed by atoms with van der Waals surface area (Å²) in [4.78, 5) is 34.0. The summed E-state index contributed by atoms with van der Waals surface area (Å²) in [6.07, 6.45) is 5.60. The molecule has 2 N–H and O–H groups in total. The van der Waals surface area contributed by atoms with Crippen LogP contribution in [-0.4, -0.2) is 57.7 Å². The van der Waals surface area contributed by atoms with Crippen LogP contribution in [0, 0.1) is 26.7 Å². The Morgan fingerprint density at radius 3 is 1.50 bits per heavy atom. The van der Waals surface area contributed by atoms with E-state index >= 15 is 0 Å². The minimum Gasteiger partial charge on any atom is -0.358 e. The van der Waals surface area contributed by atoms with Crippen LogP contribution in [0.2, 0.25) is 0 Å². The van der Waals surface area contributed by atoms with E-state index in [0.717, 1.165) is 8.61 Å². The first-order chi connectivity index (χ1) is 15.7. The van der Waals surface area contributed by atoms with Gasteiger partial charge in [0.1, 0.15) is 12.1 Å². The standard InChI is InChI=1S/C10H15N3O3S.C9H14N4O3S.2CH3.2V/c1-8(2)10(14)12-17(15,16)13(3)9-4-6-11-7-5-9;1-7(2)9(14)12-17(15,16)13(3)8-4-5-10-6-11-8;;;;/h4-8H,1-3H3,(H,12,14);4-7H,1-3H3,(H,12,14);2*1H3;;/q;;2*-1;;. The average molecular weight is 648 g/mol. The second kappa shape index (κ2) is 19.0. The Balaban J connectivity index is -0.000000275. The predicted octanol–water partition coefficient (Wildman–Crippen LogP) is 1.36. The van der Waals surface area contributed by atoms with Crippen LogP contribution in [-0.2, 0) is 67.1 Å². The third kappa shape index (κ3) is 13.6. The van der Waals surface area contributed by atoms with Crippen molar-refractivity contribution in [3.05, 3.63) is 58.0 Å². The molecule has 17 heteroatoms. The van der Waals surface area contributed by atoms with Gasteiger partial charge in [0.15, 0.2) is 0 Å². The zero-order valence-electron chi connectivity index (χ0n) is 22.6. The first kappa shape index (κ1) is 42.9. The third-order valence-corrected chi connectivity index (χ3v) is 6.90. The molecule has 2 heterocycles. The van der Waals surface area contributed by atoms with Gasteiger partial charge in [-0.25, -0.2) is 23.7 Å². The molecule has 38 heavy (non-hydrogen) atoms. The minimum atomic E-state index is -3.91. The van der Waals surface area contributed by atoms with E-state index in [2.05, 4.69) is 15.0 Å². The number of carbonyl (C=O) groups excluding carboxylic acids is 2. The van der Waals surface area contributed by atoms with E-state index in [-0.39, 0.29) is 57.8 Å². The third-order valence-electron chi connectivity index (χ3n) is 4.14. The second-order valence-electron chi connectivity index (χ2n) is 7.46. The van der Waals surface area contributed by atoms with E-state index in [1.807, 2.05) is 9.44 Å². The summed E-state index contributed by atoms with van der Waals surface area (Å²) in [7, 11) is -5.10. The van der Waals surface area contributed by atoms with Crippen LogP contribution in [0.5, 0.6) is 0 Å². The first-order valence-corrected chi connectivity index (χ1v) is 12.8. The van der Waals surface area contributed by atoms with Crippen molar-refractivity contribution in [2.75, 3.05) is 22.7 Å². The van der Waals surface area contributed by atoms with E-state index in [9.17, 15) is 26.4 Å². The summed E-state index contributed by atoms with van der Waals surface area (Å²) >= 11 is 0. The summed E-state index contributed by atoms with van der Waals surface area (Å²) in [5.74, 6) is -1.72. The number of hydrogen-bond acceptors (Lipinski definition) is 9. The SMILES string of the molecule is CC(C)C(=O)NS(=O)(=O)N(C)c1ccncc1.CC(C)C(=O)NS(=O)(=O)N(C)c1ccncn1.[CH3-].[CH3-].[V].[V]. The molecule has 0 saturated heterocycles. The molecule has 2 rings (SSSR count). The Morgan fingerprint density at radius 2 is 1.13 bits per heavy atom. The number of anilines is 2. The average Bonchev–Trinajstić information content (AvgIpc) is 2.78. The van der Waals surface area contributed by atoms with Crippen LogP contribution < -0.4 is 18.1 Å². The zero-order valence-corrected chi connectivity index (χ0v) is 27.0. The molecule has 0 aliphatic carbocycles. The number of amides is 2. The normalized spacial score (nSPS) is 10.1. The Morgan fingerprint density at radius 1 is 0.737 bits per heavy atom. The van der Waals surface area contributed by atoms with Gasteiger partial charge < -0.3 is 14.9 Å². The molecule has 0 aliphatic heterocycles. The summed E-state index contributed by atoms with van der Waals surface area (Å²) in [5.41, 5.74) is 0.434. The van der Waals surface area contributed by atoms with Crippen molar-refractivity contribution in [3.63, 3.8) is 0 Å². The molecule has 2 amide bonds. The van der Waals surface area contributed by atoms with E-state index in [1.54, 1.807) is 39.8 Å². The van der Waals surface area contributed by atoms with E-state index in [0.29, 0.717) is 5.69 Å². The molecule has 13 nitrogen and oxygen atoms in total. The summed E-state index contributed by atoms with van der Waals surface area (Å²) < 4.78 is 53.0. The van der Waals surface area contributed by atoms with Gasteiger partial charge in [-0.2, -0.15) is 16.8 Å². The van der Waals surface area contributed by atoms with Gasteiger partial charge in [0.2, 0.25) is 11.8 Å². The predicted molar refractivity (Wildman–Crippen MR) is 140 cm³/mol. The molecular formula is C21H35N7O6S2V2-2. The van der Waals surface area contributed by atoms with Gasteiger partial charge in [0.25, 0.3) is 0 Å². The van der Waals surface area contributed by atoms with Crippen LogP contribution in [0.15, 0.2) is 43.1 Å². The fourth-order valence-corrected chi connectivity index (χ4v) is 3.92. The molecule has 2 radical (unpaired) electrons. The minimum absolute atomic E-state index is 0. The number of nitrogens with one attached hydrogen (secondary N) is 2. The Hall–Kier alpha value is -2.16. The van der Waals surface area contributed by atoms with Crippen LogP contribution in [0.25, 0.3) is 0 Å². The summed E-state index contributed by atoms with van der Waals surface area (Å²) in [6.45, 7) is 6.46. The molecule has 0 bridgehead atoms. The van der Waals surface area contributed by atoms with Gasteiger partial charge in [-0.15, -0.1) is 0 Å². The van der Waals surface area contributed by atoms with Crippen molar-refractivity contribution >= 4 is 43.7 Å². The Labute approximate surface area is 250 Å². The monoisotopic (exact) mass is 647 g/mol. The van der Waals surface area contributed by atoms with Crippen molar-refractivity contribution in [1.82, 2.24) is 24.4 Å². The molecule has 0 aliphatic rings. The molecule has 214 valence electrons. The first-order valence-electron chi connectivity index (χ1n) is 9.96. The van der Waals surface area contributed by atoms with Gasteiger partial charge in [-0.3, -0.25) is 18.9 Å². The van der Waals surface area contributed by atoms with Crippen LogP contribution in [0.1, 0.15) is 27.7 Å². The van der Waals surface area contributed by atoms with Crippen molar-refractivity contribution in [1.29, 1.82) is 0 Å². The molecule has 2 aromatic rings. The van der Waals surface area contributed by atoms with Gasteiger partial charge in [-0.05, 0) is 12.1 Å². The quantitative estimate of drug-likeness (QED) is 0.402. The second-order valence-corrected chi connectivity index (χ2v) is 10.9. The molecule has 0 unspecified atom stereocenters. The number of hydrogen-bond donors (Lipinski definition) is 2. The molecule has 0 spiro atoms. The van der Waals surface area contributed by atoms with E-state index in [1.165, 1.54) is 45.1 Å². The van der Waals surface area contributed by atoms with E-state index in [4.69, 9.17) is 0 Å². The van der Waals surface area contributed by atoms with Crippen LogP contribution >= 0.6 is 0 Å². The molecular weight excluding hydrogens is 612 g/mol. The van der Waals surface area contributed by atoms with Gasteiger partial charge in [0, 0.05) is 87.7 Å². The largest absolute Gasteiger partial charge is 0.358 e. The van der Waals surface area contributed by atoms with Gasteiger partial charge >= 0.3 is 20.4 Å². The summed E-state index contributed by atoms with van der Waals surface area (Å²) in [6, 6.07) is 4.51. The fraction of sp³-hybridized carbons (Fsp3) is 0.381. The van der Waals surface area contributed by atoms with Crippen molar-refractivity contribution in [3.8, 4) is 0 Å². The number of aromatic nitrogens is 3. The number of nitrogens with zero attached hydrogens (tertiary/aromatic N) is 5. The summed E-state index contributed by atoms with van der Waals surface area (Å²) in [5, 5.41) is 0. The Bertz CT molecular complexity index is 1080. The fourth-order valence-electron chi connectivity index (χ4n) is 1.91. The molecule has 0 aromatic carbocycles. The van der Waals surface area contributed by atoms with Crippen molar-refractivity contribution in [2.24, 2.45) is 11.8 Å². The van der Waals surface area contributed by atoms with E-state index < -0.39 is 44.1 Å². The number of rotatable bonds is 8. The zero-order chi connectivity index (χ0) is 26.1. The molecule has 0 saturated carbocycles. The molecule has 0 fully saturated rings. The van der Waals surface area contributed by atoms with Crippen molar-refractivity contribution < 1.29 is 63.5 Å². The van der Waals surface area contributed by atoms with Gasteiger partial charge in [-0.1, -0.05) is 27.7 Å². The smallest absolute Gasteiger partial charge is 0.327 e. The number of carbonyl (C=O) groups is 2. The van der Waals surface area contributed by atoms with Crippen molar-refractivity contribution in [2.45, 2.75) is 27.7 Å². The van der Waals surface area contributed by atoms with Crippen LogP contribution in [0.4, 0.5) is 11.5 Å². The van der Waals surface area contributed by atoms with Crippen LogP contribution in [0.3, 0.4) is 0 Å². The maximum Gasteiger partial charge on any atom is 0.327 e. The maximum absolute atomic E-state index is 11.8. The number of pyridine rings is 1. The topological polar surface area (TPSA) is 172 Å². The maximum atomic E-state index is 11.8. The molecule has 2 aromatic heterocycles. The molecule has 0 atom stereocenters. The van der Waals surface area contributed by atoms with Gasteiger partial charge in [0.05, 0.1) is 5.69 Å².